The van der Waals surface area contributed by atoms with Crippen LogP contribution in [-0.2, 0) is 33.7 Å². The van der Waals surface area contributed by atoms with E-state index in [1.807, 2.05) is 44.2 Å². The average Bonchev–Trinajstić information content (AvgIpc) is 3.20. The van der Waals surface area contributed by atoms with Crippen LogP contribution in [0.15, 0.2) is 42.5 Å². The first-order valence-electron chi connectivity index (χ1n) is 15.3. The molecule has 1 fully saturated rings. The van der Waals surface area contributed by atoms with Crippen molar-refractivity contribution in [3.63, 3.8) is 0 Å². The number of imide groups is 1. The van der Waals surface area contributed by atoms with Crippen LogP contribution in [0.2, 0.25) is 0 Å². The summed E-state index contributed by atoms with van der Waals surface area (Å²) in [5, 5.41) is 19.0. The molecular formula is C33H47N3O6. The number of carbonyl (C=O) groups excluding carboxylic acids is 2. The number of unbranched alkanes of at least 4 members (excludes halogenated alkanes) is 4. The quantitative estimate of drug-likeness (QED) is 0.158. The Hall–Kier alpha value is -2.98. The fourth-order valence-corrected chi connectivity index (χ4v) is 5.37. The Morgan fingerprint density at radius 3 is 2.52 bits per heavy atom. The molecule has 9 nitrogen and oxygen atoms in total. The molecule has 2 aromatic rings. The number of aliphatic hydroxyl groups is 1. The highest BCUT2D eigenvalue weighted by Gasteiger charge is 2.41. The maximum atomic E-state index is 12.1. The van der Waals surface area contributed by atoms with E-state index in [1.165, 1.54) is 5.56 Å². The summed E-state index contributed by atoms with van der Waals surface area (Å²) in [4.78, 5) is 23.6. The second-order valence-electron chi connectivity index (χ2n) is 12.1. The van der Waals surface area contributed by atoms with Crippen molar-refractivity contribution >= 4 is 11.9 Å². The van der Waals surface area contributed by atoms with E-state index >= 15 is 0 Å². The lowest BCUT2D eigenvalue weighted by molar-refractivity contribution is -0.180. The molecule has 4 N–H and O–H groups in total. The molecule has 1 saturated heterocycles. The molecule has 0 radical (unpaired) electrons. The van der Waals surface area contributed by atoms with Crippen LogP contribution in [0.5, 0.6) is 5.75 Å². The molecule has 9 heteroatoms. The predicted molar refractivity (Wildman–Crippen MR) is 161 cm³/mol. The third kappa shape index (κ3) is 9.52. The minimum Gasteiger partial charge on any atom is -0.463 e. The number of rotatable bonds is 17. The number of hydrogen-bond acceptors (Lipinski definition) is 7. The molecule has 2 heterocycles. The average molecular weight is 582 g/mol. The molecule has 2 aliphatic heterocycles. The van der Waals surface area contributed by atoms with Crippen LogP contribution in [0.25, 0.3) is 0 Å². The van der Waals surface area contributed by atoms with Crippen molar-refractivity contribution in [3.8, 4) is 5.75 Å². The van der Waals surface area contributed by atoms with E-state index in [0.717, 1.165) is 87.1 Å². The minimum atomic E-state index is -0.893. The molecule has 0 saturated carbocycles. The van der Waals surface area contributed by atoms with Gasteiger partial charge in [-0.05, 0) is 74.4 Å². The number of benzene rings is 2. The molecule has 3 amide bonds. The van der Waals surface area contributed by atoms with E-state index in [0.29, 0.717) is 19.6 Å². The Balaban J connectivity index is 0.982. The molecule has 230 valence electrons. The van der Waals surface area contributed by atoms with Crippen LogP contribution in [0, 0.1) is 0 Å². The molecule has 0 unspecified atom stereocenters. The van der Waals surface area contributed by atoms with Crippen molar-refractivity contribution in [2.45, 2.75) is 96.2 Å². The first kappa shape index (κ1) is 31.9. The summed E-state index contributed by atoms with van der Waals surface area (Å²) in [7, 11) is 0. The zero-order valence-electron chi connectivity index (χ0n) is 25.3. The van der Waals surface area contributed by atoms with Gasteiger partial charge in [0.05, 0.1) is 12.7 Å². The lowest BCUT2D eigenvalue weighted by Gasteiger charge is -2.33. The van der Waals surface area contributed by atoms with Crippen molar-refractivity contribution in [1.29, 1.82) is 0 Å². The van der Waals surface area contributed by atoms with Gasteiger partial charge in [0.1, 0.15) is 11.3 Å². The minimum absolute atomic E-state index is 0.277. The lowest BCUT2D eigenvalue weighted by Crippen LogP contribution is -2.45. The fourth-order valence-electron chi connectivity index (χ4n) is 5.37. The van der Waals surface area contributed by atoms with Gasteiger partial charge in [0.25, 0.3) is 5.91 Å². The van der Waals surface area contributed by atoms with Gasteiger partial charge in [-0.2, -0.15) is 0 Å². The maximum Gasteiger partial charge on any atom is 0.322 e. The molecular weight excluding hydrogens is 534 g/mol. The van der Waals surface area contributed by atoms with Crippen molar-refractivity contribution in [3.05, 3.63) is 64.7 Å². The Labute approximate surface area is 249 Å². The van der Waals surface area contributed by atoms with Crippen LogP contribution in [-0.4, -0.2) is 54.7 Å². The normalized spacial score (nSPS) is 20.0. The second kappa shape index (κ2) is 15.0. The van der Waals surface area contributed by atoms with Gasteiger partial charge < -0.3 is 30.0 Å². The fraction of sp³-hybridized carbons (Fsp3) is 0.576. The van der Waals surface area contributed by atoms with Gasteiger partial charge >= 0.3 is 6.03 Å². The summed E-state index contributed by atoms with van der Waals surface area (Å²) >= 11 is 0. The highest BCUT2D eigenvalue weighted by molar-refractivity contribution is 6.06. The number of hydrogen-bond donors (Lipinski definition) is 4. The van der Waals surface area contributed by atoms with Gasteiger partial charge in [-0.1, -0.05) is 43.2 Å². The van der Waals surface area contributed by atoms with Crippen LogP contribution in [0.4, 0.5) is 4.79 Å². The third-order valence-corrected chi connectivity index (χ3v) is 7.80. The number of nitrogens with one attached hydrogen (secondary N) is 3. The molecule has 0 aromatic heterocycles. The van der Waals surface area contributed by atoms with Crippen LogP contribution >= 0.6 is 0 Å². The van der Waals surface area contributed by atoms with Gasteiger partial charge in [0, 0.05) is 45.6 Å². The molecule has 0 bridgehead atoms. The van der Waals surface area contributed by atoms with Crippen molar-refractivity contribution < 1.29 is 28.9 Å². The monoisotopic (exact) mass is 581 g/mol. The summed E-state index contributed by atoms with van der Waals surface area (Å²) in [5.41, 5.74) is 3.23. The highest BCUT2D eigenvalue weighted by atomic mass is 16.7. The number of ether oxygens (including phenoxy) is 3. The van der Waals surface area contributed by atoms with Crippen molar-refractivity contribution in [2.75, 3.05) is 26.3 Å². The smallest absolute Gasteiger partial charge is 0.322 e. The lowest BCUT2D eigenvalue weighted by atomic mass is 9.92. The summed E-state index contributed by atoms with van der Waals surface area (Å²) in [5.74, 6) is -0.0710. The standard InChI is InChI=1S/C33H47N3O6/c1-32(2)41-23-27-20-26(14-15-29(27)42-32)28(37)22-34-16-7-4-5-8-17-40-18-9-6-11-24-12-10-13-25(19-24)21-33(3)30(38)35-31(39)36-33/h10,12-15,19-20,28,34,37H,4-9,11,16-18,21-23H2,1-3H3,(H2,35,36,38,39)/t28-,33+/m1/s1. The van der Waals surface area contributed by atoms with E-state index < -0.39 is 23.5 Å². The van der Waals surface area contributed by atoms with Crippen LogP contribution in [0.1, 0.15) is 87.7 Å². The van der Waals surface area contributed by atoms with Gasteiger partial charge in [-0.25, -0.2) is 4.79 Å². The summed E-state index contributed by atoms with van der Waals surface area (Å²) < 4.78 is 17.4. The molecule has 0 aliphatic carbocycles. The number of carbonyl (C=O) groups is 2. The van der Waals surface area contributed by atoms with Gasteiger partial charge in [0.2, 0.25) is 5.79 Å². The van der Waals surface area contributed by atoms with Crippen LogP contribution < -0.4 is 20.7 Å². The third-order valence-electron chi connectivity index (χ3n) is 7.80. The number of aliphatic hydroxyl groups excluding tert-OH is 1. The molecule has 2 aliphatic rings. The Bertz CT molecular complexity index is 1200. The Morgan fingerprint density at radius 2 is 1.74 bits per heavy atom. The topological polar surface area (TPSA) is 118 Å². The highest BCUT2D eigenvalue weighted by Crippen LogP contribution is 2.32. The van der Waals surface area contributed by atoms with E-state index in [4.69, 9.17) is 14.2 Å². The second-order valence-corrected chi connectivity index (χ2v) is 12.1. The van der Waals surface area contributed by atoms with Crippen LogP contribution in [0.3, 0.4) is 0 Å². The van der Waals surface area contributed by atoms with E-state index in [-0.39, 0.29) is 5.91 Å². The summed E-state index contributed by atoms with van der Waals surface area (Å²) in [6.45, 7) is 8.99. The van der Waals surface area contributed by atoms with Gasteiger partial charge in [-0.15, -0.1) is 0 Å². The molecule has 2 atom stereocenters. The largest absolute Gasteiger partial charge is 0.463 e. The zero-order valence-corrected chi connectivity index (χ0v) is 25.3. The molecule has 0 spiro atoms. The van der Waals surface area contributed by atoms with Crippen molar-refractivity contribution in [1.82, 2.24) is 16.0 Å². The maximum absolute atomic E-state index is 12.1. The van der Waals surface area contributed by atoms with E-state index in [9.17, 15) is 14.7 Å². The van der Waals surface area contributed by atoms with Gasteiger partial charge in [0.15, 0.2) is 0 Å². The Kier molecular flexibility index (Phi) is 11.4. The molecule has 2 aromatic carbocycles. The Morgan fingerprint density at radius 1 is 0.976 bits per heavy atom. The first-order chi connectivity index (χ1) is 20.1. The molecule has 42 heavy (non-hydrogen) atoms. The number of urea groups is 1. The SMILES string of the molecule is CC1(C)OCc2cc([C@H](O)CNCCCCCCOCCCCc3cccc(C[C@]4(C)NC(=O)NC4=O)c3)ccc2O1. The number of fused-ring (bicyclic) bond motifs is 1. The molecule has 4 rings (SSSR count). The van der Waals surface area contributed by atoms with E-state index in [1.54, 1.807) is 6.92 Å². The van der Waals surface area contributed by atoms with E-state index in [2.05, 4.69) is 28.1 Å². The summed E-state index contributed by atoms with van der Waals surface area (Å²) in [6, 6.07) is 13.6. The first-order valence-corrected chi connectivity index (χ1v) is 15.3. The summed E-state index contributed by atoms with van der Waals surface area (Å²) in [6.07, 6.45) is 7.33. The van der Waals surface area contributed by atoms with Crippen molar-refractivity contribution in [2.24, 2.45) is 0 Å². The van der Waals surface area contributed by atoms with Gasteiger partial charge in [-0.3, -0.25) is 10.1 Å². The zero-order chi connectivity index (χ0) is 30.0. The number of aryl methyl sites for hydroxylation is 1. The predicted octanol–water partition coefficient (Wildman–Crippen LogP) is 4.70. The number of amides is 3.